The summed E-state index contributed by atoms with van der Waals surface area (Å²) >= 11 is 12.3. The van der Waals surface area contributed by atoms with Crippen LogP contribution in [-0.4, -0.2) is 6.61 Å². The van der Waals surface area contributed by atoms with Gasteiger partial charge in [-0.2, -0.15) is 0 Å². The van der Waals surface area contributed by atoms with Gasteiger partial charge in [-0.3, -0.25) is 0 Å². The number of benzene rings is 2. The third-order valence-electron chi connectivity index (χ3n) is 2.81. The van der Waals surface area contributed by atoms with E-state index < -0.39 is 0 Å². The van der Waals surface area contributed by atoms with Crippen molar-refractivity contribution >= 4 is 28.9 Å². The van der Waals surface area contributed by atoms with Crippen LogP contribution in [-0.2, 0) is 6.54 Å². The zero-order chi connectivity index (χ0) is 14.4. The number of rotatable bonds is 6. The maximum absolute atomic E-state index is 6.20. The van der Waals surface area contributed by atoms with Crippen molar-refractivity contribution in [2.45, 2.75) is 19.9 Å². The molecule has 20 heavy (non-hydrogen) atoms. The largest absolute Gasteiger partial charge is 0.492 e. The maximum atomic E-state index is 6.20. The zero-order valence-electron chi connectivity index (χ0n) is 11.3. The van der Waals surface area contributed by atoms with Gasteiger partial charge in [-0.25, -0.2) is 0 Å². The number of para-hydroxylation sites is 1. The molecule has 0 unspecified atom stereocenters. The van der Waals surface area contributed by atoms with Gasteiger partial charge in [0, 0.05) is 6.54 Å². The van der Waals surface area contributed by atoms with Crippen molar-refractivity contribution in [2.24, 2.45) is 0 Å². The maximum Gasteiger partial charge on any atom is 0.137 e. The molecule has 0 atom stereocenters. The molecule has 106 valence electrons. The molecule has 2 aromatic carbocycles. The van der Waals surface area contributed by atoms with Gasteiger partial charge in [0.2, 0.25) is 0 Å². The van der Waals surface area contributed by atoms with Crippen LogP contribution in [0.5, 0.6) is 5.75 Å². The molecule has 2 nitrogen and oxygen atoms in total. The lowest BCUT2D eigenvalue weighted by Gasteiger charge is -2.11. The minimum Gasteiger partial charge on any atom is -0.492 e. The Balaban J connectivity index is 2.00. The van der Waals surface area contributed by atoms with Crippen molar-refractivity contribution in [1.82, 2.24) is 0 Å². The van der Waals surface area contributed by atoms with Crippen LogP contribution in [0.2, 0.25) is 10.0 Å². The predicted octanol–water partition coefficient (Wildman–Crippen LogP) is 5.39. The second-order valence-electron chi connectivity index (χ2n) is 4.45. The number of halogens is 2. The molecular weight excluding hydrogens is 293 g/mol. The fourth-order valence-electron chi connectivity index (χ4n) is 1.79. The van der Waals surface area contributed by atoms with Gasteiger partial charge in [-0.1, -0.05) is 48.3 Å². The summed E-state index contributed by atoms with van der Waals surface area (Å²) in [5.41, 5.74) is 2.00. The molecule has 2 aromatic rings. The van der Waals surface area contributed by atoms with Crippen molar-refractivity contribution in [3.8, 4) is 5.75 Å². The summed E-state index contributed by atoms with van der Waals surface area (Å²) in [4.78, 5) is 0. The Kier molecular flexibility index (Phi) is 5.57. The quantitative estimate of drug-likeness (QED) is 0.772. The molecule has 0 aliphatic heterocycles. The second kappa shape index (κ2) is 7.41. The highest BCUT2D eigenvalue weighted by Crippen LogP contribution is 2.27. The van der Waals surface area contributed by atoms with Crippen molar-refractivity contribution < 1.29 is 4.74 Å². The smallest absolute Gasteiger partial charge is 0.137 e. The summed E-state index contributed by atoms with van der Waals surface area (Å²) in [5.74, 6) is 0.731. The number of hydrogen-bond donors (Lipinski definition) is 1. The summed E-state index contributed by atoms with van der Waals surface area (Å²) < 4.78 is 5.55. The fraction of sp³-hybridized carbons (Fsp3) is 0.250. The monoisotopic (exact) mass is 309 g/mol. The Morgan fingerprint density at radius 3 is 2.55 bits per heavy atom. The minimum absolute atomic E-state index is 0.636. The molecule has 0 heterocycles. The van der Waals surface area contributed by atoms with E-state index >= 15 is 0 Å². The summed E-state index contributed by atoms with van der Waals surface area (Å²) in [5, 5.41) is 4.63. The summed E-state index contributed by atoms with van der Waals surface area (Å²) in [7, 11) is 0. The van der Waals surface area contributed by atoms with Crippen LogP contribution in [0, 0.1) is 0 Å². The molecular formula is C16H17Cl2NO. The molecule has 0 saturated heterocycles. The average Bonchev–Trinajstić information content (AvgIpc) is 2.45. The first-order chi connectivity index (χ1) is 9.70. The van der Waals surface area contributed by atoms with Crippen molar-refractivity contribution in [3.05, 3.63) is 58.1 Å². The van der Waals surface area contributed by atoms with E-state index in [9.17, 15) is 0 Å². The van der Waals surface area contributed by atoms with E-state index in [1.165, 1.54) is 0 Å². The summed E-state index contributed by atoms with van der Waals surface area (Å²) in [6.45, 7) is 3.41. The van der Waals surface area contributed by atoms with E-state index in [1.54, 1.807) is 0 Å². The first-order valence-corrected chi connectivity index (χ1v) is 7.36. The second-order valence-corrected chi connectivity index (χ2v) is 5.26. The van der Waals surface area contributed by atoms with Gasteiger partial charge in [0.05, 0.1) is 22.3 Å². The topological polar surface area (TPSA) is 21.3 Å². The molecule has 0 spiro atoms. The van der Waals surface area contributed by atoms with Crippen molar-refractivity contribution in [1.29, 1.82) is 0 Å². The first-order valence-electron chi connectivity index (χ1n) is 6.60. The Labute approximate surface area is 129 Å². The van der Waals surface area contributed by atoms with Crippen LogP contribution in [0.25, 0.3) is 0 Å². The predicted molar refractivity (Wildman–Crippen MR) is 86.0 cm³/mol. The van der Waals surface area contributed by atoms with E-state index in [2.05, 4.69) is 12.2 Å². The zero-order valence-corrected chi connectivity index (χ0v) is 12.8. The number of anilines is 1. The number of ether oxygens (including phenoxy) is 1. The molecule has 0 amide bonds. The van der Waals surface area contributed by atoms with Crippen molar-refractivity contribution in [3.63, 3.8) is 0 Å². The Hall–Kier alpha value is -1.38. The highest BCUT2D eigenvalue weighted by Gasteiger charge is 2.04. The molecule has 2 rings (SSSR count). The Morgan fingerprint density at radius 2 is 1.85 bits per heavy atom. The van der Waals surface area contributed by atoms with Crippen LogP contribution in [0.3, 0.4) is 0 Å². The van der Waals surface area contributed by atoms with Crippen LogP contribution in [0.4, 0.5) is 5.69 Å². The summed E-state index contributed by atoms with van der Waals surface area (Å²) in [6.07, 6.45) is 0.964. The van der Waals surface area contributed by atoms with Gasteiger partial charge in [0.15, 0.2) is 0 Å². The van der Waals surface area contributed by atoms with Crippen molar-refractivity contribution in [2.75, 3.05) is 11.9 Å². The van der Waals surface area contributed by atoms with Crippen LogP contribution < -0.4 is 10.1 Å². The normalized spacial score (nSPS) is 10.3. The van der Waals surface area contributed by atoms with E-state index in [0.29, 0.717) is 23.2 Å². The van der Waals surface area contributed by atoms with E-state index in [-0.39, 0.29) is 0 Å². The van der Waals surface area contributed by atoms with E-state index in [1.807, 2.05) is 42.5 Å². The summed E-state index contributed by atoms with van der Waals surface area (Å²) in [6, 6.07) is 13.5. The van der Waals surface area contributed by atoms with E-state index in [4.69, 9.17) is 27.9 Å². The van der Waals surface area contributed by atoms with E-state index in [0.717, 1.165) is 23.4 Å². The molecule has 4 heteroatoms. The molecule has 0 bridgehead atoms. The lowest BCUT2D eigenvalue weighted by molar-refractivity contribution is 0.317. The van der Waals surface area contributed by atoms with Crippen LogP contribution in [0.1, 0.15) is 18.9 Å². The lowest BCUT2D eigenvalue weighted by atomic mass is 10.2. The highest BCUT2D eigenvalue weighted by molar-refractivity contribution is 6.33. The molecule has 0 fully saturated rings. The number of nitrogens with one attached hydrogen (secondary N) is 1. The van der Waals surface area contributed by atoms with Gasteiger partial charge in [0.25, 0.3) is 0 Å². The standard InChI is InChI=1S/C16H17Cl2NO/c1-2-9-20-16-8-7-12(10-14(16)18)11-19-15-6-4-3-5-13(15)17/h3-8,10,19H,2,9,11H2,1H3. The molecule has 0 radical (unpaired) electrons. The first kappa shape index (κ1) is 15.0. The average molecular weight is 310 g/mol. The minimum atomic E-state index is 0.636. The molecule has 1 N–H and O–H groups in total. The Morgan fingerprint density at radius 1 is 1.05 bits per heavy atom. The van der Waals surface area contributed by atoms with Gasteiger partial charge < -0.3 is 10.1 Å². The van der Waals surface area contributed by atoms with Gasteiger partial charge in [-0.15, -0.1) is 0 Å². The number of hydrogen-bond acceptors (Lipinski definition) is 2. The Bertz CT molecular complexity index is 572. The van der Waals surface area contributed by atoms with Gasteiger partial charge >= 0.3 is 0 Å². The molecule has 0 aliphatic carbocycles. The third kappa shape index (κ3) is 4.06. The highest BCUT2D eigenvalue weighted by atomic mass is 35.5. The fourth-order valence-corrected chi connectivity index (χ4v) is 2.25. The van der Waals surface area contributed by atoms with Crippen LogP contribution in [0.15, 0.2) is 42.5 Å². The van der Waals surface area contributed by atoms with Gasteiger partial charge in [0.1, 0.15) is 5.75 Å². The lowest BCUT2D eigenvalue weighted by Crippen LogP contribution is -2.01. The van der Waals surface area contributed by atoms with Crippen LogP contribution >= 0.6 is 23.2 Å². The third-order valence-corrected chi connectivity index (χ3v) is 3.44. The molecule has 0 aromatic heterocycles. The molecule has 0 saturated carbocycles. The van der Waals surface area contributed by atoms with Gasteiger partial charge in [-0.05, 0) is 36.2 Å². The SMILES string of the molecule is CCCOc1ccc(CNc2ccccc2Cl)cc1Cl. The molecule has 0 aliphatic rings.